The van der Waals surface area contributed by atoms with E-state index in [1.54, 1.807) is 19.1 Å². The third-order valence-electron chi connectivity index (χ3n) is 4.89. The number of sulfone groups is 1. The largest absolute Gasteiger partial charge is 0.488 e. The van der Waals surface area contributed by atoms with Crippen LogP contribution in [0.1, 0.15) is 19.0 Å². The molecular formula is C23H25N3O5S. The molecule has 4 rings (SSSR count). The predicted molar refractivity (Wildman–Crippen MR) is 121 cm³/mol. The van der Waals surface area contributed by atoms with Gasteiger partial charge in [-0.15, -0.1) is 0 Å². The number of benzene rings is 1. The van der Waals surface area contributed by atoms with Crippen LogP contribution in [0.5, 0.6) is 17.2 Å². The van der Waals surface area contributed by atoms with Gasteiger partial charge in [-0.1, -0.05) is 6.08 Å². The van der Waals surface area contributed by atoms with Crippen molar-refractivity contribution in [2.75, 3.05) is 19.4 Å². The lowest BCUT2D eigenvalue weighted by Crippen LogP contribution is -2.16. The van der Waals surface area contributed by atoms with Gasteiger partial charge in [0.2, 0.25) is 0 Å². The highest BCUT2D eigenvalue weighted by atomic mass is 32.2. The Hall–Kier alpha value is -3.30. The van der Waals surface area contributed by atoms with E-state index in [4.69, 9.17) is 9.47 Å². The van der Waals surface area contributed by atoms with Crippen LogP contribution >= 0.6 is 0 Å². The third-order valence-corrected chi connectivity index (χ3v) is 5.90. The first kappa shape index (κ1) is 21.9. The van der Waals surface area contributed by atoms with Gasteiger partial charge in [0.15, 0.2) is 14.9 Å². The fourth-order valence-electron chi connectivity index (χ4n) is 3.33. The summed E-state index contributed by atoms with van der Waals surface area (Å²) >= 11 is 0. The number of nitrogens with zero attached hydrogens (tertiary/aromatic N) is 1. The van der Waals surface area contributed by atoms with E-state index in [0.717, 1.165) is 41.9 Å². The highest BCUT2D eigenvalue weighted by Gasteiger charge is 2.14. The summed E-state index contributed by atoms with van der Waals surface area (Å²) in [6.45, 7) is 2.58. The topological polar surface area (TPSA) is 114 Å². The van der Waals surface area contributed by atoms with Gasteiger partial charge in [-0.25, -0.2) is 13.4 Å². The van der Waals surface area contributed by atoms with E-state index in [1.807, 2.05) is 24.3 Å². The van der Waals surface area contributed by atoms with Crippen LogP contribution in [0.4, 0.5) is 0 Å². The van der Waals surface area contributed by atoms with Crippen molar-refractivity contribution in [1.82, 2.24) is 15.3 Å². The molecule has 3 N–H and O–H groups in total. The summed E-state index contributed by atoms with van der Waals surface area (Å²) in [7, 11) is -3.39. The van der Waals surface area contributed by atoms with Gasteiger partial charge in [0.1, 0.15) is 23.4 Å². The van der Waals surface area contributed by atoms with Crippen LogP contribution in [0.15, 0.2) is 59.8 Å². The molecule has 0 spiro atoms. The monoisotopic (exact) mass is 455 g/mol. The molecule has 9 heteroatoms. The van der Waals surface area contributed by atoms with Gasteiger partial charge in [-0.2, -0.15) is 0 Å². The smallest absolute Gasteiger partial charge is 0.192 e. The standard InChI is InChI=1S/C23H25N3O5S/c1-15(14-27)30-18-10-16(20-6-7-22(26-20)21-4-3-9-24-21)11-19(12-18)31-17-5-8-23(25-13-17)32(2,28)29/h4-8,10-13,15,24,26-27H,3,9,14H2,1-2H3/t15-/m0/s1. The molecule has 3 aromatic rings. The lowest BCUT2D eigenvalue weighted by atomic mass is 10.1. The Kier molecular flexibility index (Phi) is 6.20. The molecule has 3 heterocycles. The Labute approximate surface area is 186 Å². The first-order chi connectivity index (χ1) is 15.3. The second-order valence-corrected chi connectivity index (χ2v) is 9.59. The zero-order valence-electron chi connectivity index (χ0n) is 17.8. The molecule has 2 aromatic heterocycles. The van der Waals surface area contributed by atoms with E-state index in [-0.39, 0.29) is 17.7 Å². The van der Waals surface area contributed by atoms with Gasteiger partial charge in [-0.05, 0) is 49.7 Å². The Bertz CT molecular complexity index is 1230. The number of aromatic amines is 1. The molecule has 0 unspecified atom stereocenters. The minimum atomic E-state index is -3.39. The lowest BCUT2D eigenvalue weighted by Gasteiger charge is -2.15. The number of rotatable bonds is 8. The highest BCUT2D eigenvalue weighted by Crippen LogP contribution is 2.33. The number of aromatic nitrogens is 2. The number of pyridine rings is 1. The average Bonchev–Trinajstić information content (AvgIpc) is 3.45. The summed E-state index contributed by atoms with van der Waals surface area (Å²) in [5, 5.41) is 12.7. The van der Waals surface area contributed by atoms with Crippen molar-refractivity contribution in [1.29, 1.82) is 0 Å². The maximum absolute atomic E-state index is 11.6. The quantitative estimate of drug-likeness (QED) is 0.477. The van der Waals surface area contributed by atoms with Crippen molar-refractivity contribution in [3.05, 3.63) is 60.4 Å². The number of hydrogen-bond donors (Lipinski definition) is 3. The molecule has 8 nitrogen and oxygen atoms in total. The molecule has 168 valence electrons. The summed E-state index contributed by atoms with van der Waals surface area (Å²) in [4.78, 5) is 7.37. The molecule has 0 amide bonds. The molecule has 1 aromatic carbocycles. The van der Waals surface area contributed by atoms with Crippen molar-refractivity contribution in [3.63, 3.8) is 0 Å². The van der Waals surface area contributed by atoms with Gasteiger partial charge in [0.05, 0.1) is 24.2 Å². The SMILES string of the molecule is C[C@@H](CO)Oc1cc(Oc2ccc(S(C)(=O)=O)nc2)cc(-c2ccc(C3=CCCN3)[nH]2)c1. The van der Waals surface area contributed by atoms with Gasteiger partial charge >= 0.3 is 0 Å². The van der Waals surface area contributed by atoms with Crippen LogP contribution in [0, 0.1) is 0 Å². The summed E-state index contributed by atoms with van der Waals surface area (Å²) in [6, 6.07) is 12.4. The number of H-pyrrole nitrogens is 1. The summed E-state index contributed by atoms with van der Waals surface area (Å²) in [5.74, 6) is 1.42. The van der Waals surface area contributed by atoms with E-state index in [0.29, 0.717) is 17.2 Å². The average molecular weight is 456 g/mol. The normalized spacial score (nSPS) is 14.5. The zero-order chi connectivity index (χ0) is 22.7. The van der Waals surface area contributed by atoms with E-state index >= 15 is 0 Å². The van der Waals surface area contributed by atoms with E-state index in [2.05, 4.69) is 21.4 Å². The lowest BCUT2D eigenvalue weighted by molar-refractivity contribution is 0.129. The van der Waals surface area contributed by atoms with Crippen LogP contribution < -0.4 is 14.8 Å². The Morgan fingerprint density at radius 1 is 1.09 bits per heavy atom. The molecular weight excluding hydrogens is 430 g/mol. The van der Waals surface area contributed by atoms with Crippen LogP contribution in [-0.2, 0) is 9.84 Å². The minimum absolute atomic E-state index is 0.0202. The number of nitrogens with one attached hydrogen (secondary N) is 2. The molecule has 0 aliphatic carbocycles. The van der Waals surface area contributed by atoms with Crippen LogP contribution in [0.25, 0.3) is 17.0 Å². The maximum Gasteiger partial charge on any atom is 0.192 e. The van der Waals surface area contributed by atoms with E-state index < -0.39 is 9.84 Å². The van der Waals surface area contributed by atoms with Gasteiger partial charge in [0.25, 0.3) is 0 Å². The second kappa shape index (κ2) is 9.05. The zero-order valence-corrected chi connectivity index (χ0v) is 18.6. The first-order valence-electron chi connectivity index (χ1n) is 10.2. The third kappa shape index (κ3) is 5.12. The summed E-state index contributed by atoms with van der Waals surface area (Å²) in [5.41, 5.74) is 3.79. The second-order valence-electron chi connectivity index (χ2n) is 7.63. The number of ether oxygens (including phenoxy) is 2. The fourth-order valence-corrected chi connectivity index (χ4v) is 3.89. The van der Waals surface area contributed by atoms with E-state index in [9.17, 15) is 13.5 Å². The molecule has 0 fully saturated rings. The van der Waals surface area contributed by atoms with Gasteiger partial charge < -0.3 is 24.9 Å². The van der Waals surface area contributed by atoms with Crippen molar-refractivity contribution in [2.24, 2.45) is 0 Å². The predicted octanol–water partition coefficient (Wildman–Crippen LogP) is 3.37. The molecule has 1 aliphatic rings. The molecule has 0 radical (unpaired) electrons. The number of hydrogen-bond acceptors (Lipinski definition) is 7. The first-order valence-corrected chi connectivity index (χ1v) is 12.1. The minimum Gasteiger partial charge on any atom is -0.488 e. The number of aliphatic hydroxyl groups is 1. The fraction of sp³-hybridized carbons (Fsp3) is 0.261. The molecule has 0 saturated carbocycles. The summed E-state index contributed by atoms with van der Waals surface area (Å²) in [6.07, 6.45) is 5.23. The van der Waals surface area contributed by atoms with Crippen LogP contribution in [-0.4, -0.2) is 49.0 Å². The van der Waals surface area contributed by atoms with E-state index in [1.165, 1.54) is 12.3 Å². The van der Waals surface area contributed by atoms with Crippen molar-refractivity contribution in [2.45, 2.75) is 24.5 Å². The van der Waals surface area contributed by atoms with Gasteiger partial charge in [0, 0.05) is 30.1 Å². The molecule has 0 bridgehead atoms. The maximum atomic E-state index is 11.6. The number of aliphatic hydroxyl groups excluding tert-OH is 1. The van der Waals surface area contributed by atoms with Crippen LogP contribution in [0.3, 0.4) is 0 Å². The van der Waals surface area contributed by atoms with Gasteiger partial charge in [-0.3, -0.25) is 0 Å². The Balaban J connectivity index is 1.65. The Morgan fingerprint density at radius 3 is 2.53 bits per heavy atom. The van der Waals surface area contributed by atoms with Crippen molar-refractivity contribution >= 4 is 15.5 Å². The Morgan fingerprint density at radius 2 is 1.88 bits per heavy atom. The highest BCUT2D eigenvalue weighted by molar-refractivity contribution is 7.90. The van der Waals surface area contributed by atoms with Crippen molar-refractivity contribution in [3.8, 4) is 28.5 Å². The van der Waals surface area contributed by atoms with Crippen molar-refractivity contribution < 1.29 is 23.0 Å². The molecule has 1 atom stereocenters. The molecule has 0 saturated heterocycles. The molecule has 32 heavy (non-hydrogen) atoms. The van der Waals surface area contributed by atoms with Crippen LogP contribution in [0.2, 0.25) is 0 Å². The summed E-state index contributed by atoms with van der Waals surface area (Å²) < 4.78 is 35.0. The molecule has 1 aliphatic heterocycles.